The van der Waals surface area contributed by atoms with E-state index in [2.05, 4.69) is 29.2 Å². The van der Waals surface area contributed by atoms with Crippen molar-refractivity contribution in [2.75, 3.05) is 6.54 Å². The lowest BCUT2D eigenvalue weighted by atomic mass is 10.0. The van der Waals surface area contributed by atoms with Crippen molar-refractivity contribution in [3.63, 3.8) is 0 Å². The Morgan fingerprint density at radius 2 is 2.47 bits per heavy atom. The maximum atomic E-state index is 5.29. The fourth-order valence-corrected chi connectivity index (χ4v) is 1.51. The zero-order valence-electron chi connectivity index (χ0n) is 9.24. The van der Waals surface area contributed by atoms with Crippen LogP contribution in [0.1, 0.15) is 37.8 Å². The normalized spacial score (nSPS) is 12.0. The minimum Gasteiger partial charge on any atom is -0.310 e. The van der Waals surface area contributed by atoms with E-state index in [0.717, 1.165) is 25.8 Å². The maximum absolute atomic E-state index is 5.29. The minimum absolute atomic E-state index is 0.342. The van der Waals surface area contributed by atoms with Gasteiger partial charge in [-0.25, -0.2) is 0 Å². The molecule has 0 bridgehead atoms. The number of pyridine rings is 1. The molecule has 15 heavy (non-hydrogen) atoms. The Hall–Kier alpha value is -1.33. The summed E-state index contributed by atoms with van der Waals surface area (Å²) in [5, 5.41) is 3.48. The number of nitrogens with one attached hydrogen (secondary N) is 1. The first-order valence-corrected chi connectivity index (χ1v) is 5.45. The van der Waals surface area contributed by atoms with Crippen LogP contribution in [-0.2, 0) is 0 Å². The molecule has 0 aliphatic carbocycles. The maximum Gasteiger partial charge on any atom is 0.0344 e. The van der Waals surface area contributed by atoms with Crippen LogP contribution in [0.5, 0.6) is 0 Å². The van der Waals surface area contributed by atoms with Crippen LogP contribution in [0.2, 0.25) is 0 Å². The Kier molecular flexibility index (Phi) is 5.50. The molecule has 0 aliphatic rings. The summed E-state index contributed by atoms with van der Waals surface area (Å²) in [5.41, 5.74) is 1.22. The topological polar surface area (TPSA) is 24.9 Å². The van der Waals surface area contributed by atoms with E-state index in [9.17, 15) is 0 Å². The van der Waals surface area contributed by atoms with Gasteiger partial charge in [0.25, 0.3) is 0 Å². The fraction of sp³-hybridized carbons (Fsp3) is 0.462. The first-order chi connectivity index (χ1) is 7.38. The summed E-state index contributed by atoms with van der Waals surface area (Å²) < 4.78 is 0. The monoisotopic (exact) mass is 202 g/mol. The highest BCUT2D eigenvalue weighted by atomic mass is 14.9. The largest absolute Gasteiger partial charge is 0.310 e. The molecular weight excluding hydrogens is 184 g/mol. The first kappa shape index (κ1) is 11.7. The molecule has 1 unspecified atom stereocenters. The molecular formula is C13H18N2. The molecule has 0 spiro atoms. The van der Waals surface area contributed by atoms with E-state index in [-0.39, 0.29) is 0 Å². The Balaban J connectivity index is 2.59. The highest BCUT2D eigenvalue weighted by Crippen LogP contribution is 2.16. The first-order valence-electron chi connectivity index (χ1n) is 5.45. The summed E-state index contributed by atoms with van der Waals surface area (Å²) in [7, 11) is 0. The van der Waals surface area contributed by atoms with E-state index in [0.29, 0.717) is 6.04 Å². The molecule has 0 amide bonds. The molecule has 0 saturated heterocycles. The van der Waals surface area contributed by atoms with Crippen LogP contribution >= 0.6 is 0 Å². The van der Waals surface area contributed by atoms with Crippen molar-refractivity contribution in [3.05, 3.63) is 30.1 Å². The second-order valence-electron chi connectivity index (χ2n) is 3.54. The molecule has 0 aliphatic heterocycles. The predicted molar refractivity (Wildman–Crippen MR) is 63.3 cm³/mol. The fourth-order valence-electron chi connectivity index (χ4n) is 1.51. The van der Waals surface area contributed by atoms with Crippen LogP contribution in [0, 0.1) is 12.3 Å². The molecule has 2 nitrogen and oxygen atoms in total. The quantitative estimate of drug-likeness (QED) is 0.717. The van der Waals surface area contributed by atoms with Gasteiger partial charge in [-0.15, -0.1) is 12.3 Å². The van der Waals surface area contributed by atoms with Gasteiger partial charge in [-0.2, -0.15) is 0 Å². The zero-order valence-corrected chi connectivity index (χ0v) is 9.24. The average molecular weight is 202 g/mol. The van der Waals surface area contributed by atoms with Gasteiger partial charge in [-0.05, 0) is 31.0 Å². The van der Waals surface area contributed by atoms with E-state index < -0.39 is 0 Å². The van der Waals surface area contributed by atoms with E-state index in [1.807, 2.05) is 12.3 Å². The van der Waals surface area contributed by atoms with Crippen LogP contribution in [-0.4, -0.2) is 11.5 Å². The van der Waals surface area contributed by atoms with Gasteiger partial charge in [0.2, 0.25) is 0 Å². The Morgan fingerprint density at radius 1 is 1.60 bits per heavy atom. The second-order valence-corrected chi connectivity index (χ2v) is 3.54. The summed E-state index contributed by atoms with van der Waals surface area (Å²) in [6.07, 6.45) is 11.9. The van der Waals surface area contributed by atoms with Crippen LogP contribution in [0.4, 0.5) is 0 Å². The van der Waals surface area contributed by atoms with Crippen molar-refractivity contribution >= 4 is 0 Å². The molecule has 1 aromatic heterocycles. The van der Waals surface area contributed by atoms with Gasteiger partial charge in [-0.3, -0.25) is 4.98 Å². The van der Waals surface area contributed by atoms with Crippen LogP contribution in [0.15, 0.2) is 24.5 Å². The van der Waals surface area contributed by atoms with Gasteiger partial charge in [0, 0.05) is 24.9 Å². The van der Waals surface area contributed by atoms with Gasteiger partial charge < -0.3 is 5.32 Å². The van der Waals surface area contributed by atoms with Crippen LogP contribution < -0.4 is 5.32 Å². The van der Waals surface area contributed by atoms with E-state index in [1.54, 1.807) is 6.20 Å². The van der Waals surface area contributed by atoms with Gasteiger partial charge in [0.15, 0.2) is 0 Å². The number of nitrogens with zero attached hydrogens (tertiary/aromatic N) is 1. The Labute approximate surface area is 92.1 Å². The molecule has 0 aromatic carbocycles. The molecule has 1 atom stereocenters. The van der Waals surface area contributed by atoms with Crippen molar-refractivity contribution in [3.8, 4) is 12.3 Å². The molecule has 0 fully saturated rings. The highest BCUT2D eigenvalue weighted by molar-refractivity contribution is 5.14. The highest BCUT2D eigenvalue weighted by Gasteiger charge is 2.08. The van der Waals surface area contributed by atoms with Crippen LogP contribution in [0.25, 0.3) is 0 Å². The Morgan fingerprint density at radius 3 is 3.07 bits per heavy atom. The third-order valence-electron chi connectivity index (χ3n) is 2.30. The average Bonchev–Trinajstić information content (AvgIpc) is 2.30. The van der Waals surface area contributed by atoms with Crippen molar-refractivity contribution < 1.29 is 0 Å². The predicted octanol–water partition coefficient (Wildman–Crippen LogP) is 2.54. The van der Waals surface area contributed by atoms with Gasteiger partial charge in [-0.1, -0.05) is 13.0 Å². The van der Waals surface area contributed by atoms with Crippen molar-refractivity contribution in [2.24, 2.45) is 0 Å². The summed E-state index contributed by atoms with van der Waals surface area (Å²) >= 11 is 0. The summed E-state index contributed by atoms with van der Waals surface area (Å²) in [6.45, 7) is 3.18. The van der Waals surface area contributed by atoms with Gasteiger partial charge in [0.05, 0.1) is 0 Å². The lowest BCUT2D eigenvalue weighted by Gasteiger charge is -2.17. The number of aromatic nitrogens is 1. The van der Waals surface area contributed by atoms with Crippen molar-refractivity contribution in [1.29, 1.82) is 0 Å². The Bertz CT molecular complexity index is 300. The van der Waals surface area contributed by atoms with E-state index >= 15 is 0 Å². The third kappa shape index (κ3) is 4.14. The molecule has 1 rings (SSSR count). The number of hydrogen-bond donors (Lipinski definition) is 1. The number of rotatable bonds is 6. The van der Waals surface area contributed by atoms with E-state index in [4.69, 9.17) is 6.42 Å². The molecule has 2 heteroatoms. The zero-order chi connectivity index (χ0) is 10.9. The van der Waals surface area contributed by atoms with Crippen molar-refractivity contribution in [1.82, 2.24) is 10.3 Å². The van der Waals surface area contributed by atoms with E-state index in [1.165, 1.54) is 5.56 Å². The van der Waals surface area contributed by atoms with Crippen molar-refractivity contribution in [2.45, 2.75) is 32.2 Å². The lowest BCUT2D eigenvalue weighted by molar-refractivity contribution is 0.504. The minimum atomic E-state index is 0.342. The SMILES string of the molecule is C#CCCC(NCCC)c1cccnc1. The van der Waals surface area contributed by atoms with Crippen LogP contribution in [0.3, 0.4) is 0 Å². The standard InChI is InChI=1S/C13H18N2/c1-3-5-8-13(15-9-4-2)12-7-6-10-14-11-12/h1,6-7,10-11,13,15H,4-5,8-9H2,2H3. The molecule has 1 aromatic rings. The van der Waals surface area contributed by atoms with Gasteiger partial charge in [0.1, 0.15) is 0 Å². The summed E-state index contributed by atoms with van der Waals surface area (Å²) in [5.74, 6) is 2.68. The molecule has 0 saturated carbocycles. The second kappa shape index (κ2) is 7.03. The smallest absolute Gasteiger partial charge is 0.0344 e. The molecule has 0 radical (unpaired) electrons. The molecule has 1 N–H and O–H groups in total. The molecule has 80 valence electrons. The molecule has 1 heterocycles. The number of terminal acetylenes is 1. The summed E-state index contributed by atoms with van der Waals surface area (Å²) in [6, 6.07) is 4.40. The number of hydrogen-bond acceptors (Lipinski definition) is 2. The summed E-state index contributed by atoms with van der Waals surface area (Å²) in [4.78, 5) is 4.13. The lowest BCUT2D eigenvalue weighted by Crippen LogP contribution is -2.22. The van der Waals surface area contributed by atoms with Gasteiger partial charge >= 0.3 is 0 Å². The third-order valence-corrected chi connectivity index (χ3v) is 2.30.